The van der Waals surface area contributed by atoms with Gasteiger partial charge in [-0.15, -0.1) is 0 Å². The summed E-state index contributed by atoms with van der Waals surface area (Å²) in [5.74, 6) is 0.157. The van der Waals surface area contributed by atoms with E-state index < -0.39 is 0 Å². The van der Waals surface area contributed by atoms with E-state index in [9.17, 15) is 9.59 Å². The van der Waals surface area contributed by atoms with Crippen molar-refractivity contribution in [1.82, 2.24) is 9.80 Å². The Morgan fingerprint density at radius 1 is 0.966 bits per heavy atom. The first-order valence-electron chi connectivity index (χ1n) is 10.0. The number of hydrogen-bond acceptors (Lipinski definition) is 3. The predicted octanol–water partition coefficient (Wildman–Crippen LogP) is 3.67. The van der Waals surface area contributed by atoms with Gasteiger partial charge in [-0.2, -0.15) is 0 Å². The molecule has 1 saturated heterocycles. The normalized spacial score (nSPS) is 14.7. The zero-order chi connectivity index (χ0) is 20.8. The quantitative estimate of drug-likeness (QED) is 0.786. The van der Waals surface area contributed by atoms with Crippen LogP contribution in [0, 0.1) is 13.8 Å². The first-order valence-corrected chi connectivity index (χ1v) is 10.4. The lowest BCUT2D eigenvalue weighted by Gasteiger charge is -2.34. The molecule has 1 fully saturated rings. The molecule has 0 aliphatic carbocycles. The number of piperazine rings is 1. The van der Waals surface area contributed by atoms with Crippen molar-refractivity contribution in [2.24, 2.45) is 0 Å². The van der Waals surface area contributed by atoms with Crippen molar-refractivity contribution in [3.8, 4) is 0 Å². The molecule has 0 radical (unpaired) electrons. The number of rotatable bonds is 6. The molecular formula is C23H28ClN3O2. The number of benzene rings is 2. The van der Waals surface area contributed by atoms with Crippen LogP contribution in [0.5, 0.6) is 0 Å². The van der Waals surface area contributed by atoms with Crippen LogP contribution in [0.1, 0.15) is 23.1 Å². The Bertz CT molecular complexity index is 839. The van der Waals surface area contributed by atoms with Gasteiger partial charge in [-0.05, 0) is 49.1 Å². The summed E-state index contributed by atoms with van der Waals surface area (Å²) in [5.41, 5.74) is 4.14. The summed E-state index contributed by atoms with van der Waals surface area (Å²) in [7, 11) is 0. The van der Waals surface area contributed by atoms with Gasteiger partial charge in [0.1, 0.15) is 0 Å². The number of aryl methyl sites for hydroxylation is 3. The first-order chi connectivity index (χ1) is 13.9. The number of halogens is 1. The third-order valence-electron chi connectivity index (χ3n) is 5.38. The van der Waals surface area contributed by atoms with Gasteiger partial charge < -0.3 is 10.2 Å². The number of nitrogens with zero attached hydrogens (tertiary/aromatic N) is 2. The van der Waals surface area contributed by atoms with Gasteiger partial charge in [0, 0.05) is 43.3 Å². The fraction of sp³-hybridized carbons (Fsp3) is 0.391. The van der Waals surface area contributed by atoms with Crippen molar-refractivity contribution >= 4 is 29.1 Å². The fourth-order valence-corrected chi connectivity index (χ4v) is 3.74. The van der Waals surface area contributed by atoms with E-state index in [-0.39, 0.29) is 11.8 Å². The number of hydrogen-bond donors (Lipinski definition) is 1. The van der Waals surface area contributed by atoms with E-state index in [1.54, 1.807) is 0 Å². The van der Waals surface area contributed by atoms with E-state index in [0.717, 1.165) is 22.4 Å². The SMILES string of the molecule is Cc1cccc(C)c1NC(=O)CN1CCN(C(=O)CCc2ccc(Cl)cc2)CC1. The van der Waals surface area contributed by atoms with Crippen molar-refractivity contribution in [2.45, 2.75) is 26.7 Å². The van der Waals surface area contributed by atoms with Crippen LogP contribution in [0.3, 0.4) is 0 Å². The molecule has 29 heavy (non-hydrogen) atoms. The lowest BCUT2D eigenvalue weighted by atomic mass is 10.1. The highest BCUT2D eigenvalue weighted by atomic mass is 35.5. The van der Waals surface area contributed by atoms with E-state index in [2.05, 4.69) is 10.2 Å². The van der Waals surface area contributed by atoms with Crippen molar-refractivity contribution in [3.63, 3.8) is 0 Å². The molecular weight excluding hydrogens is 386 g/mol. The molecule has 0 unspecified atom stereocenters. The molecule has 1 N–H and O–H groups in total. The number of nitrogens with one attached hydrogen (secondary N) is 1. The van der Waals surface area contributed by atoms with Crippen molar-refractivity contribution in [2.75, 3.05) is 38.0 Å². The zero-order valence-electron chi connectivity index (χ0n) is 17.1. The maximum Gasteiger partial charge on any atom is 0.238 e. The minimum absolute atomic E-state index is 0.00934. The van der Waals surface area contributed by atoms with Crippen LogP contribution in [0.25, 0.3) is 0 Å². The highest BCUT2D eigenvalue weighted by Crippen LogP contribution is 2.19. The highest BCUT2D eigenvalue weighted by molar-refractivity contribution is 6.30. The maximum atomic E-state index is 12.5. The molecule has 2 aromatic carbocycles. The molecule has 1 aliphatic rings. The van der Waals surface area contributed by atoms with Gasteiger partial charge in [-0.1, -0.05) is 41.9 Å². The molecule has 1 aliphatic heterocycles. The van der Waals surface area contributed by atoms with Gasteiger partial charge in [-0.25, -0.2) is 0 Å². The monoisotopic (exact) mass is 413 g/mol. The van der Waals surface area contributed by atoms with E-state index >= 15 is 0 Å². The van der Waals surface area contributed by atoms with Gasteiger partial charge >= 0.3 is 0 Å². The van der Waals surface area contributed by atoms with Crippen molar-refractivity contribution < 1.29 is 9.59 Å². The van der Waals surface area contributed by atoms with E-state index in [4.69, 9.17) is 11.6 Å². The molecule has 5 nitrogen and oxygen atoms in total. The Morgan fingerprint density at radius 3 is 2.21 bits per heavy atom. The topological polar surface area (TPSA) is 52.7 Å². The van der Waals surface area contributed by atoms with E-state index in [1.807, 2.05) is 61.2 Å². The average molecular weight is 414 g/mol. The Morgan fingerprint density at radius 2 is 1.59 bits per heavy atom. The minimum Gasteiger partial charge on any atom is -0.340 e. The molecule has 0 spiro atoms. The molecule has 0 atom stereocenters. The molecule has 154 valence electrons. The van der Waals surface area contributed by atoms with Crippen molar-refractivity contribution in [1.29, 1.82) is 0 Å². The van der Waals surface area contributed by atoms with Gasteiger partial charge in [-0.3, -0.25) is 14.5 Å². The number of carbonyl (C=O) groups is 2. The van der Waals surface area contributed by atoms with Gasteiger partial charge in [0.05, 0.1) is 6.54 Å². The van der Waals surface area contributed by atoms with Crippen LogP contribution in [-0.2, 0) is 16.0 Å². The summed E-state index contributed by atoms with van der Waals surface area (Å²) in [5, 5.41) is 3.74. The van der Waals surface area contributed by atoms with Crippen LogP contribution in [0.4, 0.5) is 5.69 Å². The van der Waals surface area contributed by atoms with Crippen LogP contribution >= 0.6 is 11.6 Å². The van der Waals surface area contributed by atoms with Gasteiger partial charge in [0.25, 0.3) is 0 Å². The van der Waals surface area contributed by atoms with E-state index in [0.29, 0.717) is 50.6 Å². The standard InChI is InChI=1S/C23H28ClN3O2/c1-17-4-3-5-18(2)23(17)25-21(28)16-26-12-14-27(15-13-26)22(29)11-8-19-6-9-20(24)10-7-19/h3-7,9-10H,8,11-16H2,1-2H3,(H,25,28). The third kappa shape index (κ3) is 6.05. The summed E-state index contributed by atoms with van der Waals surface area (Å²) < 4.78 is 0. The number of carbonyl (C=O) groups excluding carboxylic acids is 2. The molecule has 0 bridgehead atoms. The Balaban J connectivity index is 1.42. The largest absolute Gasteiger partial charge is 0.340 e. The molecule has 2 aromatic rings. The summed E-state index contributed by atoms with van der Waals surface area (Å²) in [6.45, 7) is 7.10. The average Bonchev–Trinajstić information content (AvgIpc) is 2.71. The molecule has 1 heterocycles. The minimum atomic E-state index is -0.00934. The van der Waals surface area contributed by atoms with Crippen LogP contribution < -0.4 is 5.32 Å². The summed E-state index contributed by atoms with van der Waals surface area (Å²) >= 11 is 5.90. The fourth-order valence-electron chi connectivity index (χ4n) is 3.61. The first kappa shape index (κ1) is 21.3. The zero-order valence-corrected chi connectivity index (χ0v) is 17.8. The summed E-state index contributed by atoms with van der Waals surface area (Å²) in [6, 6.07) is 13.6. The second kappa shape index (κ2) is 9.90. The molecule has 6 heteroatoms. The second-order valence-corrected chi connectivity index (χ2v) is 8.03. The summed E-state index contributed by atoms with van der Waals surface area (Å²) in [4.78, 5) is 28.9. The van der Waals surface area contributed by atoms with Crippen LogP contribution in [0.15, 0.2) is 42.5 Å². The lowest BCUT2D eigenvalue weighted by molar-refractivity contribution is -0.133. The van der Waals surface area contributed by atoms with Gasteiger partial charge in [0.2, 0.25) is 11.8 Å². The van der Waals surface area contributed by atoms with Crippen LogP contribution in [0.2, 0.25) is 5.02 Å². The lowest BCUT2D eigenvalue weighted by Crippen LogP contribution is -2.50. The van der Waals surface area contributed by atoms with Gasteiger partial charge in [0.15, 0.2) is 0 Å². The number of amides is 2. The number of para-hydroxylation sites is 1. The second-order valence-electron chi connectivity index (χ2n) is 7.60. The third-order valence-corrected chi connectivity index (χ3v) is 5.63. The van der Waals surface area contributed by atoms with Crippen LogP contribution in [-0.4, -0.2) is 54.3 Å². The van der Waals surface area contributed by atoms with E-state index in [1.165, 1.54) is 0 Å². The predicted molar refractivity (Wildman–Crippen MR) is 117 cm³/mol. The molecule has 0 saturated carbocycles. The highest BCUT2D eigenvalue weighted by Gasteiger charge is 2.22. The molecule has 3 rings (SSSR count). The Labute approximate surface area is 177 Å². The Kier molecular flexibility index (Phi) is 7.29. The van der Waals surface area contributed by atoms with Crippen molar-refractivity contribution in [3.05, 3.63) is 64.2 Å². The molecule has 0 aromatic heterocycles. The summed E-state index contributed by atoms with van der Waals surface area (Å²) in [6.07, 6.45) is 1.21. The molecule has 2 amide bonds. The Hall–Kier alpha value is -2.37. The smallest absolute Gasteiger partial charge is 0.238 e. The maximum absolute atomic E-state index is 12.5. The number of anilines is 1.